The Bertz CT molecular complexity index is 224. The summed E-state index contributed by atoms with van der Waals surface area (Å²) in [5.74, 6) is 1.13. The van der Waals surface area contributed by atoms with Crippen molar-refractivity contribution in [3.63, 3.8) is 0 Å². The first-order chi connectivity index (χ1) is 6.99. The molecule has 1 heterocycles. The van der Waals surface area contributed by atoms with E-state index in [0.29, 0.717) is 0 Å². The van der Waals surface area contributed by atoms with E-state index >= 15 is 0 Å². The number of hydrogen-bond donors (Lipinski definition) is 1. The third-order valence-electron chi connectivity index (χ3n) is 2.28. The summed E-state index contributed by atoms with van der Waals surface area (Å²) in [4.78, 5) is 6.79. The molecule has 0 aromatic heterocycles. The summed E-state index contributed by atoms with van der Waals surface area (Å²) >= 11 is 1.84. The van der Waals surface area contributed by atoms with Crippen molar-refractivity contribution in [1.29, 1.82) is 0 Å². The van der Waals surface area contributed by atoms with E-state index in [9.17, 15) is 0 Å². The Balaban J connectivity index is 2.12. The van der Waals surface area contributed by atoms with Crippen molar-refractivity contribution in [2.45, 2.75) is 32.2 Å². The van der Waals surface area contributed by atoms with Gasteiger partial charge in [0.2, 0.25) is 0 Å². The summed E-state index contributed by atoms with van der Waals surface area (Å²) in [6, 6.07) is 0. The molecule has 1 N–H and O–H groups in total. The SMILES string of the molecule is CN(C)CCCCN=C1NC(C)(C)CS1. The van der Waals surface area contributed by atoms with Gasteiger partial charge in [-0.15, -0.1) is 0 Å². The van der Waals surface area contributed by atoms with Crippen LogP contribution in [0.3, 0.4) is 0 Å². The van der Waals surface area contributed by atoms with Crippen LogP contribution < -0.4 is 5.32 Å². The Labute approximate surface area is 97.7 Å². The highest BCUT2D eigenvalue weighted by Gasteiger charge is 2.26. The first kappa shape index (κ1) is 12.8. The summed E-state index contributed by atoms with van der Waals surface area (Å²) in [5.41, 5.74) is 0.229. The van der Waals surface area contributed by atoms with Gasteiger partial charge >= 0.3 is 0 Å². The normalized spacial score (nSPS) is 22.3. The summed E-state index contributed by atoms with van der Waals surface area (Å²) in [6.45, 7) is 6.55. The second-order valence-electron chi connectivity index (χ2n) is 4.99. The van der Waals surface area contributed by atoms with Crippen LogP contribution in [0.15, 0.2) is 4.99 Å². The molecule has 1 aliphatic heterocycles. The van der Waals surface area contributed by atoms with Crippen molar-refractivity contribution in [3.05, 3.63) is 0 Å². The van der Waals surface area contributed by atoms with Crippen molar-refractivity contribution in [3.8, 4) is 0 Å². The summed E-state index contributed by atoms with van der Waals surface area (Å²) < 4.78 is 0. The molecule has 15 heavy (non-hydrogen) atoms. The quantitative estimate of drug-likeness (QED) is 0.729. The smallest absolute Gasteiger partial charge is 0.157 e. The van der Waals surface area contributed by atoms with Gasteiger partial charge in [0.25, 0.3) is 0 Å². The van der Waals surface area contributed by atoms with Crippen molar-refractivity contribution in [2.75, 3.05) is 32.9 Å². The van der Waals surface area contributed by atoms with E-state index in [1.54, 1.807) is 0 Å². The average molecular weight is 229 g/mol. The van der Waals surface area contributed by atoms with Gasteiger partial charge in [-0.3, -0.25) is 4.99 Å². The van der Waals surface area contributed by atoms with Crippen molar-refractivity contribution >= 4 is 16.9 Å². The minimum absolute atomic E-state index is 0.229. The molecule has 0 saturated carbocycles. The summed E-state index contributed by atoms with van der Waals surface area (Å²) in [6.07, 6.45) is 2.42. The fraction of sp³-hybridized carbons (Fsp3) is 0.909. The number of thioether (sulfide) groups is 1. The lowest BCUT2D eigenvalue weighted by molar-refractivity contribution is 0.396. The fourth-order valence-corrected chi connectivity index (χ4v) is 2.52. The van der Waals surface area contributed by atoms with Crippen LogP contribution in [0.1, 0.15) is 26.7 Å². The molecule has 1 saturated heterocycles. The van der Waals surface area contributed by atoms with E-state index in [1.165, 1.54) is 12.8 Å². The molecule has 0 atom stereocenters. The third-order valence-corrected chi connectivity index (χ3v) is 3.65. The first-order valence-electron chi connectivity index (χ1n) is 5.60. The average Bonchev–Trinajstić information content (AvgIpc) is 2.44. The third kappa shape index (κ3) is 5.42. The van der Waals surface area contributed by atoms with Crippen molar-refractivity contribution in [1.82, 2.24) is 10.2 Å². The Morgan fingerprint density at radius 3 is 2.67 bits per heavy atom. The number of nitrogens with one attached hydrogen (secondary N) is 1. The lowest BCUT2D eigenvalue weighted by Gasteiger charge is -2.15. The standard InChI is InChI=1S/C11H23N3S/c1-11(2)9-15-10(13-11)12-7-5-6-8-14(3)4/h5-9H2,1-4H3,(H,12,13). The van der Waals surface area contributed by atoms with E-state index in [-0.39, 0.29) is 5.54 Å². The minimum Gasteiger partial charge on any atom is -0.359 e. The van der Waals surface area contributed by atoms with Crippen molar-refractivity contribution < 1.29 is 0 Å². The molecule has 0 bridgehead atoms. The molecular formula is C11H23N3S. The monoisotopic (exact) mass is 229 g/mol. The van der Waals surface area contributed by atoms with Crippen LogP contribution in [0.5, 0.6) is 0 Å². The van der Waals surface area contributed by atoms with Gasteiger partial charge in [0.15, 0.2) is 5.17 Å². The van der Waals surface area contributed by atoms with E-state index in [2.05, 4.69) is 43.2 Å². The molecular weight excluding hydrogens is 206 g/mol. The van der Waals surface area contributed by atoms with E-state index < -0.39 is 0 Å². The second kappa shape index (κ2) is 5.75. The Morgan fingerprint density at radius 1 is 1.40 bits per heavy atom. The lowest BCUT2D eigenvalue weighted by atomic mass is 10.1. The van der Waals surface area contributed by atoms with Crippen LogP contribution in [-0.2, 0) is 0 Å². The number of nitrogens with zero attached hydrogens (tertiary/aromatic N) is 2. The second-order valence-corrected chi connectivity index (χ2v) is 5.96. The van der Waals surface area contributed by atoms with Gasteiger partial charge in [-0.25, -0.2) is 0 Å². The molecule has 4 heteroatoms. The maximum atomic E-state index is 4.57. The molecule has 88 valence electrons. The molecule has 0 aromatic carbocycles. The number of hydrogen-bond acceptors (Lipinski definition) is 3. The largest absolute Gasteiger partial charge is 0.359 e. The molecule has 0 amide bonds. The highest BCUT2D eigenvalue weighted by atomic mass is 32.2. The van der Waals surface area contributed by atoms with Crippen LogP contribution in [0.2, 0.25) is 0 Å². The molecule has 0 aromatic rings. The van der Waals surface area contributed by atoms with Gasteiger partial charge in [-0.2, -0.15) is 0 Å². The number of amidine groups is 1. The molecule has 0 aliphatic carbocycles. The molecule has 1 aliphatic rings. The molecule has 1 fully saturated rings. The maximum absolute atomic E-state index is 4.57. The predicted molar refractivity (Wildman–Crippen MR) is 69.8 cm³/mol. The van der Waals surface area contributed by atoms with E-state index in [1.807, 2.05) is 11.8 Å². The summed E-state index contributed by atoms with van der Waals surface area (Å²) in [5, 5.41) is 4.56. The molecule has 0 spiro atoms. The van der Waals surface area contributed by atoms with Crippen molar-refractivity contribution in [2.24, 2.45) is 4.99 Å². The van der Waals surface area contributed by atoms with Crippen LogP contribution >= 0.6 is 11.8 Å². The first-order valence-corrected chi connectivity index (χ1v) is 6.58. The zero-order valence-corrected chi connectivity index (χ0v) is 11.2. The van der Waals surface area contributed by atoms with Gasteiger partial charge in [0.05, 0.1) is 0 Å². The molecule has 1 rings (SSSR count). The maximum Gasteiger partial charge on any atom is 0.157 e. The van der Waals surface area contributed by atoms with Crippen LogP contribution in [0.25, 0.3) is 0 Å². The van der Waals surface area contributed by atoms with Gasteiger partial charge in [-0.05, 0) is 47.3 Å². The Hall–Kier alpha value is -0.220. The topological polar surface area (TPSA) is 27.6 Å². The summed E-state index contributed by atoms with van der Waals surface area (Å²) in [7, 11) is 4.23. The highest BCUT2D eigenvalue weighted by molar-refractivity contribution is 8.14. The lowest BCUT2D eigenvalue weighted by Crippen LogP contribution is -2.36. The number of rotatable bonds is 5. The zero-order chi connectivity index (χ0) is 11.3. The van der Waals surface area contributed by atoms with Gasteiger partial charge in [-0.1, -0.05) is 11.8 Å². The Morgan fingerprint density at radius 2 is 2.13 bits per heavy atom. The zero-order valence-electron chi connectivity index (χ0n) is 10.3. The fourth-order valence-electron chi connectivity index (χ4n) is 1.42. The van der Waals surface area contributed by atoms with Gasteiger partial charge < -0.3 is 10.2 Å². The molecule has 3 nitrogen and oxygen atoms in total. The van der Waals surface area contributed by atoms with Gasteiger partial charge in [0.1, 0.15) is 0 Å². The van der Waals surface area contributed by atoms with Crippen LogP contribution in [0.4, 0.5) is 0 Å². The highest BCUT2D eigenvalue weighted by Crippen LogP contribution is 2.21. The Kier molecular flexibility index (Phi) is 4.93. The predicted octanol–water partition coefficient (Wildman–Crippen LogP) is 1.80. The minimum atomic E-state index is 0.229. The van der Waals surface area contributed by atoms with E-state index in [0.717, 1.165) is 24.0 Å². The number of aliphatic imine (C=N–C) groups is 1. The molecule has 0 radical (unpaired) electrons. The van der Waals surface area contributed by atoms with Crippen LogP contribution in [0, 0.1) is 0 Å². The van der Waals surface area contributed by atoms with Gasteiger partial charge in [0, 0.05) is 17.8 Å². The number of unbranched alkanes of at least 4 members (excludes halogenated alkanes) is 1. The molecule has 0 unspecified atom stereocenters. The van der Waals surface area contributed by atoms with E-state index in [4.69, 9.17) is 0 Å². The van der Waals surface area contributed by atoms with Crippen LogP contribution in [-0.4, -0.2) is 48.5 Å².